The first kappa shape index (κ1) is 34.0. The lowest BCUT2D eigenvalue weighted by atomic mass is 10.3. The second-order valence-electron chi connectivity index (χ2n) is 9.35. The van der Waals surface area contributed by atoms with Gasteiger partial charge in [0.1, 0.15) is 10.6 Å². The van der Waals surface area contributed by atoms with Crippen LogP contribution in [-0.4, -0.2) is 48.3 Å². The van der Waals surface area contributed by atoms with E-state index in [2.05, 4.69) is 11.6 Å². The summed E-state index contributed by atoms with van der Waals surface area (Å²) in [6.07, 6.45) is 6.69. The summed E-state index contributed by atoms with van der Waals surface area (Å²) in [5.74, 6) is 0.670. The third kappa shape index (κ3) is 10.3. The van der Waals surface area contributed by atoms with Crippen LogP contribution in [-0.2, 0) is 21.3 Å². The average molecular weight is 619 g/mol. The van der Waals surface area contributed by atoms with Crippen LogP contribution in [0, 0.1) is 0 Å². The highest BCUT2D eigenvalue weighted by atomic mass is 35.5. The van der Waals surface area contributed by atoms with Crippen LogP contribution in [0.15, 0.2) is 35.2 Å². The Balaban J connectivity index is 2.28. The Bertz CT molecular complexity index is 1190. The van der Waals surface area contributed by atoms with Gasteiger partial charge in [0.05, 0.1) is 23.9 Å². The van der Waals surface area contributed by atoms with Gasteiger partial charge in [0.15, 0.2) is 17.2 Å². The van der Waals surface area contributed by atoms with Gasteiger partial charge in [-0.25, -0.2) is 8.42 Å². The van der Waals surface area contributed by atoms with Gasteiger partial charge >= 0.3 is 11.3 Å². The Morgan fingerprint density at radius 3 is 2.08 bits per heavy atom. The molecule has 0 radical (unpaired) electrons. The molecule has 0 bridgehead atoms. The first-order valence-corrected chi connectivity index (χ1v) is 16.9. The summed E-state index contributed by atoms with van der Waals surface area (Å²) >= 11 is 4.06. The number of ether oxygens (including phenoxy) is 2. The molecule has 226 valence electrons. The molecule has 0 spiro atoms. The van der Waals surface area contributed by atoms with Gasteiger partial charge in [-0.05, 0) is 49.9 Å². The molecule has 2 aromatic carbocycles. The van der Waals surface area contributed by atoms with Crippen molar-refractivity contribution in [3.05, 3.63) is 35.4 Å². The Morgan fingerprint density at radius 1 is 0.875 bits per heavy atom. The van der Waals surface area contributed by atoms with E-state index in [1.807, 2.05) is 20.8 Å². The van der Waals surface area contributed by atoms with Crippen LogP contribution in [0.1, 0.15) is 79.1 Å². The van der Waals surface area contributed by atoms with Crippen LogP contribution in [0.25, 0.3) is 0 Å². The third-order valence-corrected chi connectivity index (χ3v) is 8.91. The number of sulfonamides is 1. The summed E-state index contributed by atoms with van der Waals surface area (Å²) in [6, 6.07) is 7.52. The zero-order valence-electron chi connectivity index (χ0n) is 23.9. The highest BCUT2D eigenvalue weighted by molar-refractivity contribution is 7.89. The number of benzene rings is 2. The van der Waals surface area contributed by atoms with Crippen molar-refractivity contribution in [3.63, 3.8) is 0 Å². The Morgan fingerprint density at radius 2 is 1.48 bits per heavy atom. The lowest BCUT2D eigenvalue weighted by molar-refractivity contribution is 0.289. The van der Waals surface area contributed by atoms with Crippen molar-refractivity contribution in [1.29, 1.82) is 0 Å². The molecule has 0 fully saturated rings. The Hall–Kier alpha value is -2.21. The summed E-state index contributed by atoms with van der Waals surface area (Å²) in [6.45, 7) is 9.75. The third-order valence-electron chi connectivity index (χ3n) is 5.97. The quantitative estimate of drug-likeness (QED) is 0.121. The maximum absolute atomic E-state index is 13.5. The number of aromatic hydroxyl groups is 1. The van der Waals surface area contributed by atoms with E-state index in [1.165, 1.54) is 16.4 Å². The largest absolute Gasteiger partial charge is 0.505 e. The fourth-order valence-electron chi connectivity index (χ4n) is 3.61. The fourth-order valence-corrected chi connectivity index (χ4v) is 6.18. The minimum atomic E-state index is -4.06. The van der Waals surface area contributed by atoms with Crippen molar-refractivity contribution in [1.82, 2.24) is 4.31 Å². The molecular weight excluding hydrogens is 576 g/mol. The monoisotopic (exact) mass is 618 g/mol. The number of halogens is 1. The number of unbranched alkanes of at least 4 members (excludes halogenated alkanes) is 4. The van der Waals surface area contributed by atoms with Crippen LogP contribution in [0.2, 0.25) is 5.02 Å². The van der Waals surface area contributed by atoms with Crippen LogP contribution in [0.4, 0.5) is 5.69 Å². The second-order valence-corrected chi connectivity index (χ2v) is 12.5. The fraction of sp³-hybridized carbons (Fsp3) is 0.571. The molecule has 0 aliphatic rings. The summed E-state index contributed by atoms with van der Waals surface area (Å²) in [5, 5.41) is 10.4. The van der Waals surface area contributed by atoms with E-state index in [1.54, 1.807) is 18.2 Å². The van der Waals surface area contributed by atoms with Crippen LogP contribution < -0.4 is 18.4 Å². The van der Waals surface area contributed by atoms with Crippen molar-refractivity contribution in [3.8, 4) is 23.0 Å². The number of phenolic OH excluding ortho intramolecular Hbond substituents is 1. The zero-order valence-corrected chi connectivity index (χ0v) is 26.3. The Labute approximate surface area is 247 Å². The highest BCUT2D eigenvalue weighted by Gasteiger charge is 2.29. The first-order valence-electron chi connectivity index (χ1n) is 14.0. The van der Waals surface area contributed by atoms with Gasteiger partial charge in [-0.3, -0.25) is 4.72 Å². The maximum atomic E-state index is 13.5. The van der Waals surface area contributed by atoms with Crippen molar-refractivity contribution >= 4 is 38.6 Å². The predicted octanol–water partition coefficient (Wildman–Crippen LogP) is 7.06. The van der Waals surface area contributed by atoms with Gasteiger partial charge in [0.25, 0.3) is 0 Å². The minimum Gasteiger partial charge on any atom is -0.505 e. The lowest BCUT2D eigenvalue weighted by Crippen LogP contribution is -2.33. The molecule has 2 aromatic rings. The van der Waals surface area contributed by atoms with Crippen molar-refractivity contribution in [2.45, 2.75) is 84.0 Å². The molecule has 40 heavy (non-hydrogen) atoms. The standard InChI is InChI=1S/C28H43ClN2O7S2/c1-5-9-15-31(16-10-6-2)40(34,35)27-20-22(19-24(29)28(27)32)30-39(33)38-25-14-13-23(36-17-11-7-3)21-26(25)37-18-12-8-4/h13-14,19-21,30,32H,5-12,15-18H2,1-4H3. The molecule has 9 nitrogen and oxygen atoms in total. The molecule has 0 heterocycles. The van der Waals surface area contributed by atoms with Crippen molar-refractivity contribution in [2.24, 2.45) is 0 Å². The Kier molecular flexibility index (Phi) is 14.9. The van der Waals surface area contributed by atoms with E-state index in [-0.39, 0.29) is 21.4 Å². The summed E-state index contributed by atoms with van der Waals surface area (Å²) in [4.78, 5) is -0.358. The van der Waals surface area contributed by atoms with E-state index in [4.69, 9.17) is 25.3 Å². The van der Waals surface area contributed by atoms with Gasteiger partial charge in [0.2, 0.25) is 10.0 Å². The van der Waals surface area contributed by atoms with Crippen LogP contribution in [0.3, 0.4) is 0 Å². The van der Waals surface area contributed by atoms with E-state index >= 15 is 0 Å². The lowest BCUT2D eigenvalue weighted by Gasteiger charge is -2.23. The van der Waals surface area contributed by atoms with E-state index < -0.39 is 27.0 Å². The van der Waals surface area contributed by atoms with Crippen molar-refractivity contribution < 1.29 is 31.4 Å². The molecule has 0 aliphatic carbocycles. The molecule has 2 N–H and O–H groups in total. The number of phenols is 1. The smallest absolute Gasteiger partial charge is 0.316 e. The SMILES string of the molecule is CCCCOc1ccc(OS(=O)Nc2cc(Cl)c(O)c(S(=O)(=O)N(CCCC)CCCC)c2)c(OCCCC)c1. The zero-order chi connectivity index (χ0) is 29.5. The highest BCUT2D eigenvalue weighted by Crippen LogP contribution is 2.37. The average Bonchev–Trinajstić information content (AvgIpc) is 2.92. The van der Waals surface area contributed by atoms with Crippen molar-refractivity contribution in [2.75, 3.05) is 31.0 Å². The molecular formula is C28H43ClN2O7S2. The number of rotatable bonds is 20. The van der Waals surface area contributed by atoms with Crippen LogP contribution in [0.5, 0.6) is 23.0 Å². The molecule has 0 amide bonds. The summed E-state index contributed by atoms with van der Waals surface area (Å²) < 4.78 is 61.2. The molecule has 1 atom stereocenters. The van der Waals surface area contributed by atoms with Gasteiger partial charge in [0, 0.05) is 19.2 Å². The number of anilines is 1. The van der Waals surface area contributed by atoms with E-state index in [9.17, 15) is 17.7 Å². The van der Waals surface area contributed by atoms with Gasteiger partial charge in [-0.15, -0.1) is 0 Å². The van der Waals surface area contributed by atoms with E-state index in [0.717, 1.165) is 38.5 Å². The topological polar surface area (TPSA) is 114 Å². The van der Waals surface area contributed by atoms with Gasteiger partial charge in [-0.2, -0.15) is 8.51 Å². The molecule has 2 rings (SSSR count). The van der Waals surface area contributed by atoms with Gasteiger partial charge < -0.3 is 18.8 Å². The number of hydrogen-bond acceptors (Lipinski definition) is 7. The maximum Gasteiger partial charge on any atom is 0.316 e. The van der Waals surface area contributed by atoms with E-state index in [0.29, 0.717) is 50.6 Å². The number of hydrogen-bond donors (Lipinski definition) is 2. The molecule has 0 saturated heterocycles. The van der Waals surface area contributed by atoms with Crippen LogP contribution >= 0.6 is 11.6 Å². The molecule has 1 unspecified atom stereocenters. The number of nitrogens with one attached hydrogen (secondary N) is 1. The first-order chi connectivity index (χ1) is 19.2. The molecule has 0 aliphatic heterocycles. The molecule has 12 heteroatoms. The number of nitrogens with zero attached hydrogens (tertiary/aromatic N) is 1. The molecule has 0 aromatic heterocycles. The minimum absolute atomic E-state index is 0.110. The molecule has 0 saturated carbocycles. The van der Waals surface area contributed by atoms with Gasteiger partial charge in [-0.1, -0.05) is 65.0 Å². The summed E-state index contributed by atoms with van der Waals surface area (Å²) in [5.41, 5.74) is 0.110. The second kappa shape index (κ2) is 17.6. The summed E-state index contributed by atoms with van der Waals surface area (Å²) in [7, 11) is -4.06. The predicted molar refractivity (Wildman–Crippen MR) is 161 cm³/mol. The normalized spacial score (nSPS) is 12.3.